The number of hydrogen-bond acceptors (Lipinski definition) is 5. The minimum atomic E-state index is -0.574. The highest BCUT2D eigenvalue weighted by atomic mass is 79.9. The summed E-state index contributed by atoms with van der Waals surface area (Å²) in [4.78, 5) is 15.0. The number of rotatable bonds is 9. The third-order valence-corrected chi connectivity index (χ3v) is 8.69. The molecular weight excluding hydrogens is 594 g/mol. The van der Waals surface area contributed by atoms with Gasteiger partial charge in [-0.15, -0.1) is 0 Å². The maximum absolute atomic E-state index is 12.6. The monoisotopic (exact) mass is 629 g/mol. The zero-order valence-electron chi connectivity index (χ0n) is 23.8. The quantitative estimate of drug-likeness (QED) is 0.227. The summed E-state index contributed by atoms with van der Waals surface area (Å²) < 4.78 is 14.5. The molecule has 1 unspecified atom stereocenters. The van der Waals surface area contributed by atoms with Gasteiger partial charge in [0.25, 0.3) is 0 Å². The van der Waals surface area contributed by atoms with Crippen LogP contribution in [0.1, 0.15) is 48.4 Å². The van der Waals surface area contributed by atoms with Gasteiger partial charge in [0.2, 0.25) is 0 Å². The Labute approximate surface area is 254 Å². The van der Waals surface area contributed by atoms with Crippen LogP contribution in [0.25, 0.3) is 10.9 Å². The van der Waals surface area contributed by atoms with Crippen molar-refractivity contribution < 1.29 is 14.3 Å². The van der Waals surface area contributed by atoms with E-state index in [1.807, 2.05) is 30.3 Å². The van der Waals surface area contributed by atoms with E-state index in [1.165, 1.54) is 37.4 Å². The Hall–Kier alpha value is -3.82. The number of benzene rings is 3. The number of fused-ring (bicyclic) bond motifs is 1. The molecule has 0 spiro atoms. The number of nitrogens with two attached hydrogens (primary N) is 1. The van der Waals surface area contributed by atoms with Crippen molar-refractivity contribution in [3.05, 3.63) is 94.1 Å². The average Bonchev–Trinajstić information content (AvgIpc) is 3.61. The molecule has 4 aromatic rings. The number of carbonyl (C=O) groups is 1. The van der Waals surface area contributed by atoms with E-state index in [0.717, 1.165) is 55.8 Å². The lowest BCUT2D eigenvalue weighted by Gasteiger charge is -2.26. The van der Waals surface area contributed by atoms with E-state index in [-0.39, 0.29) is 6.04 Å². The van der Waals surface area contributed by atoms with Crippen LogP contribution >= 0.6 is 15.9 Å². The van der Waals surface area contributed by atoms with Crippen LogP contribution in [0.3, 0.4) is 0 Å². The van der Waals surface area contributed by atoms with Crippen molar-refractivity contribution in [2.75, 3.05) is 33.4 Å². The molecule has 2 N–H and O–H groups in total. The molecule has 0 saturated carbocycles. The number of likely N-dealkylation sites (tertiary alicyclic amines) is 1. The second kappa shape index (κ2) is 12.6. The first kappa shape index (κ1) is 28.3. The Bertz CT molecular complexity index is 1580. The number of urea groups is 1. The van der Waals surface area contributed by atoms with Gasteiger partial charge in [0.15, 0.2) is 0 Å². The van der Waals surface area contributed by atoms with Crippen LogP contribution in [-0.4, -0.2) is 59.6 Å². The van der Waals surface area contributed by atoms with Gasteiger partial charge in [0.1, 0.15) is 18.1 Å². The Morgan fingerprint density at radius 3 is 2.45 bits per heavy atom. The fourth-order valence-electron chi connectivity index (χ4n) is 5.97. The van der Waals surface area contributed by atoms with Crippen molar-refractivity contribution in [2.24, 2.45) is 10.8 Å². The van der Waals surface area contributed by atoms with Crippen LogP contribution in [0.5, 0.6) is 11.5 Å². The number of aromatic nitrogens is 1. The van der Waals surface area contributed by atoms with Gasteiger partial charge in [0, 0.05) is 46.6 Å². The van der Waals surface area contributed by atoms with Crippen LogP contribution in [0.4, 0.5) is 4.79 Å². The largest absolute Gasteiger partial charge is 0.497 e. The van der Waals surface area contributed by atoms with Crippen molar-refractivity contribution in [1.29, 1.82) is 0 Å². The van der Waals surface area contributed by atoms with Crippen LogP contribution < -0.4 is 15.2 Å². The molecule has 1 aromatic heterocycles. The number of hydrazone groups is 1. The van der Waals surface area contributed by atoms with E-state index in [0.29, 0.717) is 19.6 Å². The van der Waals surface area contributed by atoms with Crippen molar-refractivity contribution in [3.8, 4) is 11.5 Å². The number of methoxy groups -OCH3 is 1. The van der Waals surface area contributed by atoms with E-state index in [1.54, 1.807) is 7.11 Å². The first-order chi connectivity index (χ1) is 20.5. The molecule has 0 radical (unpaired) electrons. The Kier molecular flexibility index (Phi) is 8.48. The third kappa shape index (κ3) is 6.17. The molecule has 9 heteroatoms. The lowest BCUT2D eigenvalue weighted by molar-refractivity contribution is 0.183. The van der Waals surface area contributed by atoms with Gasteiger partial charge in [-0.25, -0.2) is 9.80 Å². The fourth-order valence-corrected chi connectivity index (χ4v) is 6.33. The van der Waals surface area contributed by atoms with Crippen LogP contribution in [0.2, 0.25) is 0 Å². The Morgan fingerprint density at radius 1 is 1.00 bits per heavy atom. The number of amides is 2. The predicted octanol–water partition coefficient (Wildman–Crippen LogP) is 6.56. The van der Waals surface area contributed by atoms with E-state index >= 15 is 0 Å². The summed E-state index contributed by atoms with van der Waals surface area (Å²) in [5, 5.41) is 7.13. The summed E-state index contributed by atoms with van der Waals surface area (Å²) in [6.45, 7) is 4.72. The van der Waals surface area contributed by atoms with Crippen molar-refractivity contribution >= 4 is 38.6 Å². The minimum absolute atomic E-state index is 0.312. The maximum Gasteiger partial charge on any atom is 0.335 e. The Morgan fingerprint density at radius 2 is 1.74 bits per heavy atom. The molecule has 1 atom stereocenters. The van der Waals surface area contributed by atoms with Gasteiger partial charge < -0.3 is 19.8 Å². The molecule has 3 aromatic carbocycles. The first-order valence-corrected chi connectivity index (χ1v) is 15.3. The third-order valence-electron chi connectivity index (χ3n) is 8.19. The smallest absolute Gasteiger partial charge is 0.335 e. The first-order valence-electron chi connectivity index (χ1n) is 14.5. The minimum Gasteiger partial charge on any atom is -0.497 e. The van der Waals surface area contributed by atoms with Gasteiger partial charge in [0.05, 0.1) is 18.9 Å². The number of halogens is 1. The number of ether oxygens (including phenoxy) is 2. The standard InChI is InChI=1S/C33H36BrN5O3/c1-41-26-12-7-24(8-13-26)30-20-32(39(36-30)33(35)40)29-22-38(31-14-9-25(34)19-28(29)31)21-23-5-10-27(11-6-23)42-18-17-37-15-3-2-4-16-37/h5-14,19,22,32H,2-4,15-18,20-21H2,1H3,(H2,35,40). The van der Waals surface area contributed by atoms with Gasteiger partial charge in [-0.2, -0.15) is 5.10 Å². The van der Waals surface area contributed by atoms with Crippen molar-refractivity contribution in [1.82, 2.24) is 14.5 Å². The molecule has 218 valence electrons. The molecule has 2 aliphatic rings. The number of carbonyl (C=O) groups excluding carboxylic acids is 1. The van der Waals surface area contributed by atoms with Gasteiger partial charge in [-0.05, 0) is 91.7 Å². The molecule has 1 saturated heterocycles. The van der Waals surface area contributed by atoms with Gasteiger partial charge >= 0.3 is 6.03 Å². The van der Waals surface area contributed by atoms with Crippen LogP contribution in [0.15, 0.2) is 82.5 Å². The molecule has 3 heterocycles. The van der Waals surface area contributed by atoms with E-state index < -0.39 is 6.03 Å². The fraction of sp³-hybridized carbons (Fsp3) is 0.333. The molecule has 0 aliphatic carbocycles. The van der Waals surface area contributed by atoms with E-state index in [9.17, 15) is 4.79 Å². The predicted molar refractivity (Wildman–Crippen MR) is 169 cm³/mol. The summed E-state index contributed by atoms with van der Waals surface area (Å²) in [5.74, 6) is 1.66. The number of primary amides is 1. The highest BCUT2D eigenvalue weighted by molar-refractivity contribution is 9.10. The summed E-state index contributed by atoms with van der Waals surface area (Å²) in [6, 6.07) is 21.4. The molecule has 2 amide bonds. The number of hydrogen-bond donors (Lipinski definition) is 1. The summed E-state index contributed by atoms with van der Waals surface area (Å²) in [5.41, 5.74) is 10.8. The molecule has 6 rings (SSSR count). The summed E-state index contributed by atoms with van der Waals surface area (Å²) >= 11 is 3.64. The lowest BCUT2D eigenvalue weighted by atomic mass is 9.98. The van der Waals surface area contributed by atoms with Gasteiger partial charge in [-0.3, -0.25) is 4.90 Å². The van der Waals surface area contributed by atoms with Crippen LogP contribution in [0, 0.1) is 0 Å². The zero-order chi connectivity index (χ0) is 29.1. The second-order valence-corrected chi connectivity index (χ2v) is 11.9. The highest BCUT2D eigenvalue weighted by Crippen LogP contribution is 2.38. The molecule has 2 aliphatic heterocycles. The summed E-state index contributed by atoms with van der Waals surface area (Å²) in [7, 11) is 1.64. The van der Waals surface area contributed by atoms with Crippen molar-refractivity contribution in [3.63, 3.8) is 0 Å². The van der Waals surface area contributed by atoms with E-state index in [4.69, 9.17) is 15.2 Å². The zero-order valence-corrected chi connectivity index (χ0v) is 25.4. The molecule has 0 bridgehead atoms. The second-order valence-electron chi connectivity index (χ2n) is 10.9. The molecule has 1 fully saturated rings. The SMILES string of the molecule is COc1ccc(C2=NN(C(N)=O)C(c3cn(Cc4ccc(OCCN5CCCCC5)cc4)c4ccc(Br)cc34)C2)cc1. The topological polar surface area (TPSA) is 85.3 Å². The number of nitrogens with zero attached hydrogens (tertiary/aromatic N) is 4. The molecule has 8 nitrogen and oxygen atoms in total. The average molecular weight is 631 g/mol. The van der Waals surface area contributed by atoms with Crippen LogP contribution in [-0.2, 0) is 6.54 Å². The number of piperidine rings is 1. The van der Waals surface area contributed by atoms with E-state index in [2.05, 4.69) is 73.1 Å². The van der Waals surface area contributed by atoms with Crippen molar-refractivity contribution in [2.45, 2.75) is 38.3 Å². The normalized spacial score (nSPS) is 17.4. The highest BCUT2D eigenvalue weighted by Gasteiger charge is 2.34. The Balaban J connectivity index is 1.21. The molecule has 42 heavy (non-hydrogen) atoms. The summed E-state index contributed by atoms with van der Waals surface area (Å²) in [6.07, 6.45) is 6.62. The molecular formula is C33H36BrN5O3. The lowest BCUT2D eigenvalue weighted by Crippen LogP contribution is -2.33. The maximum atomic E-state index is 12.6. The van der Waals surface area contributed by atoms with Gasteiger partial charge in [-0.1, -0.05) is 34.5 Å².